The van der Waals surface area contributed by atoms with Gasteiger partial charge in [0.05, 0.1) is 6.07 Å². The predicted molar refractivity (Wildman–Crippen MR) is 40.6 cm³/mol. The number of unbranched alkanes of at least 4 members (excludes halogenated alkanes) is 2. The molecule has 0 amide bonds. The van der Waals surface area contributed by atoms with Crippen molar-refractivity contribution in [1.29, 1.82) is 5.26 Å². The first-order valence-electron chi connectivity index (χ1n) is 3.20. The van der Waals surface area contributed by atoms with Crippen LogP contribution in [0.5, 0.6) is 0 Å². The van der Waals surface area contributed by atoms with Crippen molar-refractivity contribution in [2.24, 2.45) is 5.14 Å². The van der Waals surface area contributed by atoms with E-state index in [1.165, 1.54) is 0 Å². The molecule has 0 heterocycles. The van der Waals surface area contributed by atoms with Crippen LogP contribution in [0.2, 0.25) is 0 Å². The molecule has 5 nitrogen and oxygen atoms in total. The number of hydrogen-bond donors (Lipinski definition) is 2. The van der Waals surface area contributed by atoms with Gasteiger partial charge in [0, 0.05) is 13.0 Å². The van der Waals surface area contributed by atoms with Gasteiger partial charge in [-0.15, -0.1) is 0 Å². The maximum Gasteiger partial charge on any atom is 0.274 e. The zero-order valence-electron chi connectivity index (χ0n) is 6.08. The van der Waals surface area contributed by atoms with Crippen LogP contribution < -0.4 is 9.86 Å². The van der Waals surface area contributed by atoms with Crippen molar-refractivity contribution < 1.29 is 8.42 Å². The second-order valence-corrected chi connectivity index (χ2v) is 3.43. The molecule has 0 aromatic rings. The molecule has 0 fully saturated rings. The minimum Gasteiger partial charge on any atom is -0.216 e. The first-order chi connectivity index (χ1) is 5.06. The molecule has 0 aliphatic heterocycles. The monoisotopic (exact) mass is 177 g/mol. The van der Waals surface area contributed by atoms with E-state index in [1.54, 1.807) is 0 Å². The third-order valence-corrected chi connectivity index (χ3v) is 1.63. The number of nitrogens with one attached hydrogen (secondary N) is 1. The topological polar surface area (TPSA) is 96.0 Å². The Kier molecular flexibility index (Phi) is 4.77. The summed E-state index contributed by atoms with van der Waals surface area (Å²) >= 11 is 0. The van der Waals surface area contributed by atoms with Crippen LogP contribution in [0.1, 0.15) is 19.3 Å². The fourth-order valence-electron chi connectivity index (χ4n) is 0.543. The first kappa shape index (κ1) is 10.4. The Morgan fingerprint density at radius 2 is 2.09 bits per heavy atom. The van der Waals surface area contributed by atoms with Gasteiger partial charge in [-0.1, -0.05) is 0 Å². The lowest BCUT2D eigenvalue weighted by molar-refractivity contribution is 0.579. The summed E-state index contributed by atoms with van der Waals surface area (Å²) in [5.41, 5.74) is 0. The van der Waals surface area contributed by atoms with E-state index in [-0.39, 0.29) is 0 Å². The molecule has 0 aliphatic rings. The molecule has 0 radical (unpaired) electrons. The van der Waals surface area contributed by atoms with Crippen molar-refractivity contribution in [3.63, 3.8) is 0 Å². The largest absolute Gasteiger partial charge is 0.274 e. The summed E-state index contributed by atoms with van der Waals surface area (Å²) in [6, 6.07) is 1.96. The number of hydrogen-bond acceptors (Lipinski definition) is 3. The van der Waals surface area contributed by atoms with Crippen molar-refractivity contribution in [3.8, 4) is 6.07 Å². The van der Waals surface area contributed by atoms with E-state index in [1.807, 2.05) is 6.07 Å². The van der Waals surface area contributed by atoms with Gasteiger partial charge in [0.15, 0.2) is 0 Å². The predicted octanol–water partition coefficient (Wildman–Crippen LogP) is -0.527. The van der Waals surface area contributed by atoms with E-state index in [0.717, 1.165) is 0 Å². The van der Waals surface area contributed by atoms with Crippen molar-refractivity contribution >= 4 is 10.2 Å². The van der Waals surface area contributed by atoms with E-state index in [4.69, 9.17) is 5.26 Å². The summed E-state index contributed by atoms with van der Waals surface area (Å²) in [7, 11) is -3.54. The van der Waals surface area contributed by atoms with Gasteiger partial charge in [0.1, 0.15) is 0 Å². The van der Waals surface area contributed by atoms with E-state index >= 15 is 0 Å². The normalized spacial score (nSPS) is 10.9. The van der Waals surface area contributed by atoms with Gasteiger partial charge in [0.2, 0.25) is 0 Å². The molecule has 0 bridgehead atoms. The Morgan fingerprint density at radius 1 is 1.45 bits per heavy atom. The molecular formula is C5H11N3O2S. The number of nitrogens with two attached hydrogens (primary N) is 1. The molecule has 0 rings (SSSR count). The summed E-state index contributed by atoms with van der Waals surface area (Å²) in [6.45, 7) is 0.306. The van der Waals surface area contributed by atoms with Crippen molar-refractivity contribution in [2.75, 3.05) is 6.54 Å². The van der Waals surface area contributed by atoms with E-state index in [0.29, 0.717) is 25.8 Å². The molecular weight excluding hydrogens is 166 g/mol. The van der Waals surface area contributed by atoms with Crippen LogP contribution in [-0.4, -0.2) is 15.0 Å². The Balaban J connectivity index is 3.24. The quantitative estimate of drug-likeness (QED) is 0.553. The molecule has 0 spiro atoms. The molecule has 11 heavy (non-hydrogen) atoms. The van der Waals surface area contributed by atoms with Gasteiger partial charge < -0.3 is 0 Å². The molecule has 0 aromatic heterocycles. The highest BCUT2D eigenvalue weighted by Gasteiger charge is 1.97. The van der Waals surface area contributed by atoms with E-state index in [2.05, 4.69) is 9.86 Å². The summed E-state index contributed by atoms with van der Waals surface area (Å²) < 4.78 is 22.7. The molecule has 0 aromatic carbocycles. The zero-order chi connectivity index (χ0) is 8.74. The second kappa shape index (κ2) is 5.07. The Hall–Kier alpha value is -0.640. The maximum absolute atomic E-state index is 10.3. The first-order valence-corrected chi connectivity index (χ1v) is 4.75. The molecule has 64 valence electrons. The summed E-state index contributed by atoms with van der Waals surface area (Å²) in [6.07, 6.45) is 1.79. The lowest BCUT2D eigenvalue weighted by atomic mass is 10.2. The number of rotatable bonds is 5. The van der Waals surface area contributed by atoms with Crippen molar-refractivity contribution in [3.05, 3.63) is 0 Å². The molecule has 0 saturated carbocycles. The standard InChI is InChI=1S/C5H11N3O2S/c6-4-2-1-3-5-8-11(7,9)10/h8H,1-3,5H2,(H2,7,9,10). The highest BCUT2D eigenvalue weighted by Crippen LogP contribution is 1.91. The lowest BCUT2D eigenvalue weighted by Crippen LogP contribution is -2.31. The molecule has 0 unspecified atom stereocenters. The van der Waals surface area contributed by atoms with Crippen LogP contribution in [0.15, 0.2) is 0 Å². The SMILES string of the molecule is N#CCCCCNS(N)(=O)=O. The third kappa shape index (κ3) is 9.36. The molecule has 0 saturated heterocycles. The van der Waals surface area contributed by atoms with Crippen LogP contribution >= 0.6 is 0 Å². The summed E-state index contributed by atoms with van der Waals surface area (Å²) in [5.74, 6) is 0. The van der Waals surface area contributed by atoms with Gasteiger partial charge in [0.25, 0.3) is 10.2 Å². The van der Waals surface area contributed by atoms with Crippen LogP contribution in [0.3, 0.4) is 0 Å². The Bertz CT molecular complexity index is 229. The van der Waals surface area contributed by atoms with Crippen LogP contribution in [0.25, 0.3) is 0 Å². The van der Waals surface area contributed by atoms with Crippen LogP contribution in [0, 0.1) is 11.3 Å². The van der Waals surface area contributed by atoms with Gasteiger partial charge >= 0.3 is 0 Å². The minimum absolute atomic E-state index is 0.306. The minimum atomic E-state index is -3.54. The van der Waals surface area contributed by atoms with Gasteiger partial charge in [-0.3, -0.25) is 0 Å². The highest BCUT2D eigenvalue weighted by molar-refractivity contribution is 7.87. The Morgan fingerprint density at radius 3 is 2.55 bits per heavy atom. The molecule has 0 aliphatic carbocycles. The lowest BCUT2D eigenvalue weighted by Gasteiger charge is -1.98. The second-order valence-electron chi connectivity index (χ2n) is 2.05. The molecule has 3 N–H and O–H groups in total. The van der Waals surface area contributed by atoms with Crippen LogP contribution in [-0.2, 0) is 10.2 Å². The third-order valence-electron chi connectivity index (χ3n) is 1.02. The van der Waals surface area contributed by atoms with E-state index < -0.39 is 10.2 Å². The Labute approximate surface area is 66.4 Å². The van der Waals surface area contributed by atoms with Crippen molar-refractivity contribution in [1.82, 2.24) is 4.72 Å². The fourth-order valence-corrected chi connectivity index (χ4v) is 0.972. The van der Waals surface area contributed by atoms with Crippen LogP contribution in [0.4, 0.5) is 0 Å². The fraction of sp³-hybridized carbons (Fsp3) is 0.800. The van der Waals surface area contributed by atoms with Gasteiger partial charge in [-0.2, -0.15) is 13.7 Å². The summed E-state index contributed by atoms with van der Waals surface area (Å²) in [4.78, 5) is 0. The molecule has 0 atom stereocenters. The zero-order valence-corrected chi connectivity index (χ0v) is 6.89. The maximum atomic E-state index is 10.3. The average molecular weight is 177 g/mol. The average Bonchev–Trinajstić information content (AvgIpc) is 1.85. The van der Waals surface area contributed by atoms with Gasteiger partial charge in [-0.05, 0) is 12.8 Å². The summed E-state index contributed by atoms with van der Waals surface area (Å²) in [5, 5.41) is 12.8. The smallest absolute Gasteiger partial charge is 0.216 e. The highest BCUT2D eigenvalue weighted by atomic mass is 32.2. The van der Waals surface area contributed by atoms with Crippen molar-refractivity contribution in [2.45, 2.75) is 19.3 Å². The molecule has 6 heteroatoms. The van der Waals surface area contributed by atoms with E-state index in [9.17, 15) is 8.42 Å². The number of nitriles is 1. The number of nitrogens with zero attached hydrogens (tertiary/aromatic N) is 1. The van der Waals surface area contributed by atoms with Gasteiger partial charge in [-0.25, -0.2) is 9.86 Å².